The molecule has 0 spiro atoms. The first kappa shape index (κ1) is 12.8. The van der Waals surface area contributed by atoms with E-state index in [1.807, 2.05) is 6.92 Å². The number of halogens is 1. The van der Waals surface area contributed by atoms with Crippen LogP contribution in [0, 0.1) is 0 Å². The Morgan fingerprint density at radius 1 is 1.56 bits per heavy atom. The van der Waals surface area contributed by atoms with Gasteiger partial charge in [0.05, 0.1) is 18.7 Å². The first-order valence-corrected chi connectivity index (χ1v) is 5.50. The average Bonchev–Trinajstić information content (AvgIpc) is 2.30. The molecule has 0 aliphatic heterocycles. The fourth-order valence-corrected chi connectivity index (χ4v) is 1.63. The van der Waals surface area contributed by atoms with Crippen molar-refractivity contribution in [2.45, 2.75) is 6.92 Å². The topological polar surface area (TPSA) is 60.5 Å². The second kappa shape index (κ2) is 5.69. The van der Waals surface area contributed by atoms with Crippen molar-refractivity contribution in [2.75, 3.05) is 26.1 Å². The van der Waals surface area contributed by atoms with E-state index in [2.05, 4.69) is 31.0 Å². The van der Waals surface area contributed by atoms with Gasteiger partial charge in [-0.3, -0.25) is 0 Å². The van der Waals surface area contributed by atoms with Gasteiger partial charge in [0.1, 0.15) is 11.4 Å². The van der Waals surface area contributed by atoms with Crippen molar-refractivity contribution >= 4 is 27.7 Å². The van der Waals surface area contributed by atoms with Crippen molar-refractivity contribution in [3.8, 4) is 5.88 Å². The number of esters is 1. The highest BCUT2D eigenvalue weighted by Gasteiger charge is 2.17. The molecule has 0 aromatic carbocycles. The molecule has 6 heteroatoms. The van der Waals surface area contributed by atoms with Crippen molar-refractivity contribution in [1.82, 2.24) is 4.98 Å². The number of methoxy groups -OCH3 is 2. The summed E-state index contributed by atoms with van der Waals surface area (Å²) in [7, 11) is 2.77. The Morgan fingerprint density at radius 2 is 2.25 bits per heavy atom. The van der Waals surface area contributed by atoms with Crippen molar-refractivity contribution < 1.29 is 14.3 Å². The van der Waals surface area contributed by atoms with Crippen LogP contribution in [0.4, 0.5) is 5.82 Å². The Hall–Kier alpha value is -1.30. The quantitative estimate of drug-likeness (QED) is 0.860. The van der Waals surface area contributed by atoms with Crippen LogP contribution in [0.3, 0.4) is 0 Å². The van der Waals surface area contributed by atoms with E-state index >= 15 is 0 Å². The average molecular weight is 289 g/mol. The molecule has 88 valence electrons. The summed E-state index contributed by atoms with van der Waals surface area (Å²) in [6.45, 7) is 2.68. The van der Waals surface area contributed by atoms with Gasteiger partial charge >= 0.3 is 5.97 Å². The van der Waals surface area contributed by atoms with Crippen molar-refractivity contribution in [1.29, 1.82) is 0 Å². The molecule has 0 aliphatic carbocycles. The molecule has 0 bridgehead atoms. The van der Waals surface area contributed by atoms with E-state index in [9.17, 15) is 4.79 Å². The normalized spacial score (nSPS) is 9.75. The maximum absolute atomic E-state index is 11.4. The molecular formula is C10H13BrN2O3. The molecule has 16 heavy (non-hydrogen) atoms. The summed E-state index contributed by atoms with van der Waals surface area (Å²) in [5.41, 5.74) is 0.290. The van der Waals surface area contributed by atoms with Crippen LogP contribution in [-0.4, -0.2) is 31.7 Å². The van der Waals surface area contributed by atoms with E-state index in [0.29, 0.717) is 15.9 Å². The third kappa shape index (κ3) is 2.63. The maximum atomic E-state index is 11.4. The predicted molar refractivity (Wildman–Crippen MR) is 64.0 cm³/mol. The molecule has 0 fully saturated rings. The lowest BCUT2D eigenvalue weighted by atomic mass is 10.2. The Morgan fingerprint density at radius 3 is 2.75 bits per heavy atom. The van der Waals surface area contributed by atoms with Crippen molar-refractivity contribution in [2.24, 2.45) is 0 Å². The Balaban J connectivity index is 3.20. The number of carbonyl (C=O) groups excluding carboxylic acids is 1. The first-order valence-electron chi connectivity index (χ1n) is 4.70. The SMILES string of the molecule is CCNc1nc(OC)c(C(=O)OC)cc1Br. The van der Waals surface area contributed by atoms with Gasteiger partial charge in [0.25, 0.3) is 0 Å². The predicted octanol–water partition coefficient (Wildman–Crippen LogP) is 2.07. The summed E-state index contributed by atoms with van der Waals surface area (Å²) in [6.07, 6.45) is 0. The number of aromatic nitrogens is 1. The van der Waals surface area contributed by atoms with Gasteiger partial charge in [0.2, 0.25) is 5.88 Å². The van der Waals surface area contributed by atoms with Crippen molar-refractivity contribution in [3.63, 3.8) is 0 Å². The summed E-state index contributed by atoms with van der Waals surface area (Å²) >= 11 is 3.32. The molecule has 0 amide bonds. The van der Waals surface area contributed by atoms with E-state index in [4.69, 9.17) is 4.74 Å². The summed E-state index contributed by atoms with van der Waals surface area (Å²) in [4.78, 5) is 15.6. The van der Waals surface area contributed by atoms with Crippen LogP contribution in [0.25, 0.3) is 0 Å². The molecule has 5 nitrogen and oxygen atoms in total. The third-order valence-corrected chi connectivity index (χ3v) is 2.49. The fraction of sp³-hybridized carbons (Fsp3) is 0.400. The lowest BCUT2D eigenvalue weighted by Crippen LogP contribution is -2.08. The zero-order valence-corrected chi connectivity index (χ0v) is 10.9. The molecular weight excluding hydrogens is 276 g/mol. The van der Waals surface area contributed by atoms with Crippen LogP contribution in [-0.2, 0) is 4.74 Å². The minimum Gasteiger partial charge on any atom is -0.480 e. The van der Waals surface area contributed by atoms with Gasteiger partial charge in [-0.2, -0.15) is 4.98 Å². The molecule has 0 saturated carbocycles. The van der Waals surface area contributed by atoms with Gasteiger partial charge in [-0.15, -0.1) is 0 Å². The molecule has 0 radical (unpaired) electrons. The van der Waals surface area contributed by atoms with Crippen LogP contribution < -0.4 is 10.1 Å². The fourth-order valence-electron chi connectivity index (χ4n) is 1.18. The van der Waals surface area contributed by atoms with Gasteiger partial charge in [-0.25, -0.2) is 4.79 Å². The second-order valence-electron chi connectivity index (χ2n) is 2.90. The Bertz CT molecular complexity index is 396. The van der Waals surface area contributed by atoms with Gasteiger partial charge < -0.3 is 14.8 Å². The zero-order valence-electron chi connectivity index (χ0n) is 9.33. The molecule has 0 saturated heterocycles. The highest BCUT2D eigenvalue weighted by molar-refractivity contribution is 9.10. The van der Waals surface area contributed by atoms with Gasteiger partial charge in [-0.05, 0) is 28.9 Å². The number of nitrogens with zero attached hydrogens (tertiary/aromatic N) is 1. The molecule has 0 unspecified atom stereocenters. The van der Waals surface area contributed by atoms with Crippen LogP contribution in [0.1, 0.15) is 17.3 Å². The van der Waals surface area contributed by atoms with Gasteiger partial charge in [-0.1, -0.05) is 0 Å². The highest BCUT2D eigenvalue weighted by Crippen LogP contribution is 2.27. The minimum absolute atomic E-state index is 0.242. The molecule has 0 atom stereocenters. The second-order valence-corrected chi connectivity index (χ2v) is 3.75. The summed E-state index contributed by atoms with van der Waals surface area (Å²) in [6, 6.07) is 1.62. The zero-order chi connectivity index (χ0) is 12.1. The maximum Gasteiger partial charge on any atom is 0.343 e. The standard InChI is InChI=1S/C10H13BrN2O3/c1-4-12-8-7(11)5-6(10(14)16-3)9(13-8)15-2/h5H,4H2,1-3H3,(H,12,13). The third-order valence-electron chi connectivity index (χ3n) is 1.88. The lowest BCUT2D eigenvalue weighted by molar-refractivity contribution is 0.0596. The Kier molecular flexibility index (Phi) is 4.54. The van der Waals surface area contributed by atoms with Crippen LogP contribution in [0.15, 0.2) is 10.5 Å². The largest absolute Gasteiger partial charge is 0.480 e. The number of hydrogen-bond donors (Lipinski definition) is 1. The summed E-state index contributed by atoms with van der Waals surface area (Å²) in [5.74, 6) is 0.395. The van der Waals surface area contributed by atoms with Gasteiger partial charge in [0, 0.05) is 6.54 Å². The molecule has 1 N–H and O–H groups in total. The Labute approximate surface area is 102 Å². The molecule has 0 aliphatic rings. The van der Waals surface area contributed by atoms with E-state index in [0.717, 1.165) is 6.54 Å². The number of pyridine rings is 1. The van der Waals surface area contributed by atoms with E-state index in [1.165, 1.54) is 14.2 Å². The number of carbonyl (C=O) groups is 1. The van der Waals surface area contributed by atoms with Crippen LogP contribution >= 0.6 is 15.9 Å². The monoisotopic (exact) mass is 288 g/mol. The number of anilines is 1. The number of ether oxygens (including phenoxy) is 2. The van der Waals surface area contributed by atoms with E-state index < -0.39 is 5.97 Å². The van der Waals surface area contributed by atoms with Crippen LogP contribution in [0.5, 0.6) is 5.88 Å². The van der Waals surface area contributed by atoms with Crippen molar-refractivity contribution in [3.05, 3.63) is 16.1 Å². The smallest absolute Gasteiger partial charge is 0.343 e. The molecule has 1 aromatic rings. The first-order chi connectivity index (χ1) is 7.63. The number of nitrogens with one attached hydrogen (secondary N) is 1. The number of rotatable bonds is 4. The summed E-state index contributed by atoms with van der Waals surface area (Å²) < 4.78 is 10.4. The number of hydrogen-bond acceptors (Lipinski definition) is 5. The summed E-state index contributed by atoms with van der Waals surface area (Å²) in [5, 5.41) is 3.04. The molecule has 1 heterocycles. The van der Waals surface area contributed by atoms with Gasteiger partial charge in [0.15, 0.2) is 0 Å². The highest BCUT2D eigenvalue weighted by atomic mass is 79.9. The molecule has 1 aromatic heterocycles. The lowest BCUT2D eigenvalue weighted by Gasteiger charge is -2.10. The molecule has 1 rings (SSSR count). The minimum atomic E-state index is -0.479. The van der Waals surface area contributed by atoms with Crippen LogP contribution in [0.2, 0.25) is 0 Å². The van der Waals surface area contributed by atoms with E-state index in [1.54, 1.807) is 6.07 Å². The van der Waals surface area contributed by atoms with E-state index in [-0.39, 0.29) is 5.88 Å².